The fraction of sp³-hybridized carbons (Fsp3) is 0.286. The molecule has 1 unspecified atom stereocenters. The molecular weight excluding hydrogens is 226 g/mol. The van der Waals surface area contributed by atoms with Crippen molar-refractivity contribution in [2.24, 2.45) is 0 Å². The summed E-state index contributed by atoms with van der Waals surface area (Å²) in [5.41, 5.74) is 8.42. The average molecular weight is 241 g/mol. The van der Waals surface area contributed by atoms with Gasteiger partial charge >= 0.3 is 0 Å². The first-order chi connectivity index (χ1) is 8.74. The molecule has 4 heteroatoms. The molecule has 2 N–H and O–H groups in total. The van der Waals surface area contributed by atoms with Crippen LogP contribution in [0.1, 0.15) is 23.0 Å². The normalized spacial score (nSPS) is 17.9. The fourth-order valence-electron chi connectivity index (χ4n) is 2.18. The summed E-state index contributed by atoms with van der Waals surface area (Å²) in [5.74, 6) is 2.00. The van der Waals surface area contributed by atoms with Crippen molar-refractivity contribution in [3.63, 3.8) is 0 Å². The number of para-hydroxylation sites is 1. The standard InChI is InChI=1S/C14H15N3O/c1-9-12(15)7-16-14(17-9)11-6-10-4-2-3-5-13(10)18-8-11/h2-5,7,11H,6,8,15H2,1H3. The number of nitrogen functional groups attached to an aromatic ring is 1. The van der Waals surface area contributed by atoms with E-state index in [0.29, 0.717) is 12.3 Å². The van der Waals surface area contributed by atoms with Crippen LogP contribution in [0.4, 0.5) is 5.69 Å². The Morgan fingerprint density at radius 3 is 3.00 bits per heavy atom. The Bertz CT molecular complexity index is 583. The summed E-state index contributed by atoms with van der Waals surface area (Å²) in [4.78, 5) is 8.77. The van der Waals surface area contributed by atoms with Crippen LogP contribution >= 0.6 is 0 Å². The second-order valence-electron chi connectivity index (χ2n) is 4.59. The second-order valence-corrected chi connectivity index (χ2v) is 4.59. The molecule has 4 nitrogen and oxygen atoms in total. The predicted octanol–water partition coefficient (Wildman–Crippen LogP) is 2.09. The summed E-state index contributed by atoms with van der Waals surface area (Å²) in [6, 6.07) is 8.11. The molecule has 0 aliphatic carbocycles. The number of nitrogens with two attached hydrogens (primary N) is 1. The van der Waals surface area contributed by atoms with E-state index in [2.05, 4.69) is 16.0 Å². The first-order valence-corrected chi connectivity index (χ1v) is 6.04. The van der Waals surface area contributed by atoms with Gasteiger partial charge in [-0.1, -0.05) is 18.2 Å². The van der Waals surface area contributed by atoms with Crippen LogP contribution in [0.25, 0.3) is 0 Å². The van der Waals surface area contributed by atoms with Gasteiger partial charge in [0.15, 0.2) is 0 Å². The van der Waals surface area contributed by atoms with Gasteiger partial charge < -0.3 is 10.5 Å². The highest BCUT2D eigenvalue weighted by Crippen LogP contribution is 2.30. The van der Waals surface area contributed by atoms with Crippen molar-refractivity contribution >= 4 is 5.69 Å². The smallest absolute Gasteiger partial charge is 0.135 e. The van der Waals surface area contributed by atoms with Gasteiger partial charge in [-0.3, -0.25) is 0 Å². The van der Waals surface area contributed by atoms with E-state index >= 15 is 0 Å². The molecule has 0 fully saturated rings. The minimum absolute atomic E-state index is 0.208. The van der Waals surface area contributed by atoms with Gasteiger partial charge in [-0.2, -0.15) is 0 Å². The van der Waals surface area contributed by atoms with Gasteiger partial charge in [0.2, 0.25) is 0 Å². The number of ether oxygens (including phenoxy) is 1. The predicted molar refractivity (Wildman–Crippen MR) is 69.6 cm³/mol. The van der Waals surface area contributed by atoms with E-state index in [1.807, 2.05) is 25.1 Å². The number of fused-ring (bicyclic) bond motifs is 1. The minimum Gasteiger partial charge on any atom is -0.493 e. The fourth-order valence-corrected chi connectivity index (χ4v) is 2.18. The van der Waals surface area contributed by atoms with Crippen LogP contribution < -0.4 is 10.5 Å². The van der Waals surface area contributed by atoms with Gasteiger partial charge in [-0.25, -0.2) is 9.97 Å². The van der Waals surface area contributed by atoms with Crippen molar-refractivity contribution < 1.29 is 4.74 Å². The van der Waals surface area contributed by atoms with E-state index in [4.69, 9.17) is 10.5 Å². The Hall–Kier alpha value is -2.10. The van der Waals surface area contributed by atoms with Crippen LogP contribution in [0.15, 0.2) is 30.5 Å². The number of hydrogen-bond acceptors (Lipinski definition) is 4. The first kappa shape index (κ1) is 11.0. The zero-order valence-corrected chi connectivity index (χ0v) is 10.3. The maximum atomic E-state index is 5.75. The molecule has 18 heavy (non-hydrogen) atoms. The summed E-state index contributed by atoms with van der Waals surface area (Å²) < 4.78 is 5.75. The molecule has 1 atom stereocenters. The Morgan fingerprint density at radius 2 is 2.17 bits per heavy atom. The zero-order valence-electron chi connectivity index (χ0n) is 10.3. The monoisotopic (exact) mass is 241 g/mol. The molecule has 3 rings (SSSR count). The summed E-state index contributed by atoms with van der Waals surface area (Å²) in [6.07, 6.45) is 2.59. The number of nitrogens with zero attached hydrogens (tertiary/aromatic N) is 2. The molecule has 92 valence electrons. The third kappa shape index (κ3) is 1.90. The quantitative estimate of drug-likeness (QED) is 0.830. The number of anilines is 1. The van der Waals surface area contributed by atoms with Crippen molar-refractivity contribution in [3.05, 3.63) is 47.5 Å². The highest BCUT2D eigenvalue weighted by molar-refractivity contribution is 5.40. The molecule has 1 aromatic carbocycles. The number of hydrogen-bond donors (Lipinski definition) is 1. The van der Waals surface area contributed by atoms with Crippen molar-refractivity contribution in [3.8, 4) is 5.75 Å². The van der Waals surface area contributed by atoms with Gasteiger partial charge in [-0.15, -0.1) is 0 Å². The lowest BCUT2D eigenvalue weighted by Gasteiger charge is -2.24. The lowest BCUT2D eigenvalue weighted by atomic mass is 9.96. The van der Waals surface area contributed by atoms with E-state index in [1.165, 1.54) is 5.56 Å². The van der Waals surface area contributed by atoms with Gasteiger partial charge in [-0.05, 0) is 25.0 Å². The summed E-state index contributed by atoms with van der Waals surface area (Å²) in [5, 5.41) is 0. The van der Waals surface area contributed by atoms with E-state index in [9.17, 15) is 0 Å². The molecule has 2 aromatic rings. The number of aryl methyl sites for hydroxylation is 1. The maximum Gasteiger partial charge on any atom is 0.135 e. The molecule has 1 aliphatic rings. The highest BCUT2D eigenvalue weighted by Gasteiger charge is 2.23. The lowest BCUT2D eigenvalue weighted by Crippen LogP contribution is -2.21. The van der Waals surface area contributed by atoms with Crippen molar-refractivity contribution in [1.82, 2.24) is 9.97 Å². The highest BCUT2D eigenvalue weighted by atomic mass is 16.5. The van der Waals surface area contributed by atoms with Gasteiger partial charge in [0.1, 0.15) is 11.6 Å². The van der Waals surface area contributed by atoms with Crippen LogP contribution in [0.2, 0.25) is 0 Å². The molecule has 0 bridgehead atoms. The van der Waals surface area contributed by atoms with Gasteiger partial charge in [0.25, 0.3) is 0 Å². The van der Waals surface area contributed by atoms with E-state index in [1.54, 1.807) is 6.20 Å². The van der Waals surface area contributed by atoms with Crippen molar-refractivity contribution in [2.45, 2.75) is 19.3 Å². The van der Waals surface area contributed by atoms with Crippen LogP contribution in [0.3, 0.4) is 0 Å². The second kappa shape index (κ2) is 4.29. The van der Waals surface area contributed by atoms with Gasteiger partial charge in [0.05, 0.1) is 30.1 Å². The van der Waals surface area contributed by atoms with Crippen LogP contribution in [-0.4, -0.2) is 16.6 Å². The SMILES string of the molecule is Cc1nc(C2COc3ccccc3C2)ncc1N. The lowest BCUT2D eigenvalue weighted by molar-refractivity contribution is 0.257. The van der Waals surface area contributed by atoms with Crippen LogP contribution in [-0.2, 0) is 6.42 Å². The molecule has 2 heterocycles. The van der Waals surface area contributed by atoms with Crippen LogP contribution in [0.5, 0.6) is 5.75 Å². The Labute approximate surface area is 106 Å². The Morgan fingerprint density at radius 1 is 1.33 bits per heavy atom. The molecular formula is C14H15N3O. The summed E-state index contributed by atoms with van der Waals surface area (Å²) in [7, 11) is 0. The maximum absolute atomic E-state index is 5.75. The van der Waals surface area contributed by atoms with E-state index in [-0.39, 0.29) is 5.92 Å². The Balaban J connectivity index is 1.89. The molecule has 0 saturated carbocycles. The molecule has 0 spiro atoms. The van der Waals surface area contributed by atoms with E-state index < -0.39 is 0 Å². The van der Waals surface area contributed by atoms with Crippen molar-refractivity contribution in [1.29, 1.82) is 0 Å². The number of aromatic nitrogens is 2. The molecule has 0 amide bonds. The van der Waals surface area contributed by atoms with Gasteiger partial charge in [0, 0.05) is 0 Å². The number of rotatable bonds is 1. The topological polar surface area (TPSA) is 61.0 Å². The summed E-state index contributed by atoms with van der Waals surface area (Å²) >= 11 is 0. The third-order valence-corrected chi connectivity index (χ3v) is 3.28. The molecule has 1 aromatic heterocycles. The molecule has 0 saturated heterocycles. The summed E-state index contributed by atoms with van der Waals surface area (Å²) in [6.45, 7) is 2.53. The Kier molecular flexibility index (Phi) is 2.63. The zero-order chi connectivity index (χ0) is 12.5. The third-order valence-electron chi connectivity index (χ3n) is 3.28. The molecule has 1 aliphatic heterocycles. The largest absolute Gasteiger partial charge is 0.493 e. The van der Waals surface area contributed by atoms with Crippen LogP contribution in [0, 0.1) is 6.92 Å². The average Bonchev–Trinajstić information content (AvgIpc) is 2.41. The molecule has 0 radical (unpaired) electrons. The minimum atomic E-state index is 0.208. The number of benzene rings is 1. The first-order valence-electron chi connectivity index (χ1n) is 6.04. The van der Waals surface area contributed by atoms with Crippen molar-refractivity contribution in [2.75, 3.05) is 12.3 Å². The van der Waals surface area contributed by atoms with E-state index in [0.717, 1.165) is 23.7 Å².